The van der Waals surface area contributed by atoms with Crippen LogP contribution in [0.1, 0.15) is 30.0 Å². The van der Waals surface area contributed by atoms with Crippen LogP contribution in [-0.4, -0.2) is 14.8 Å². The average Bonchev–Trinajstić information content (AvgIpc) is 2.88. The SMILES string of the molecule is CCCn1c(O)c(N=NC(=S)Nc2c(C)cc(C)cc2C)c2ccccc21. The molecule has 0 saturated carbocycles. The molecule has 0 radical (unpaired) electrons. The summed E-state index contributed by atoms with van der Waals surface area (Å²) in [4.78, 5) is 0. The van der Waals surface area contributed by atoms with Crippen LogP contribution in [-0.2, 0) is 6.54 Å². The fraction of sp³-hybridized carbons (Fsp3) is 0.286. The maximum Gasteiger partial charge on any atom is 0.220 e. The van der Waals surface area contributed by atoms with Crippen molar-refractivity contribution >= 4 is 39.6 Å². The van der Waals surface area contributed by atoms with Gasteiger partial charge in [0, 0.05) is 17.6 Å². The third kappa shape index (κ3) is 3.85. The molecule has 1 heterocycles. The van der Waals surface area contributed by atoms with Crippen LogP contribution in [0.4, 0.5) is 11.4 Å². The predicted octanol–water partition coefficient (Wildman–Crippen LogP) is 6.16. The van der Waals surface area contributed by atoms with Gasteiger partial charge in [-0.25, -0.2) is 0 Å². The van der Waals surface area contributed by atoms with Gasteiger partial charge in [-0.15, -0.1) is 10.2 Å². The van der Waals surface area contributed by atoms with Crippen LogP contribution < -0.4 is 5.32 Å². The molecule has 1 aromatic heterocycles. The second-order valence-corrected chi connectivity index (χ2v) is 7.13. The first kappa shape index (κ1) is 19.0. The zero-order valence-electron chi connectivity index (χ0n) is 16.1. The van der Waals surface area contributed by atoms with E-state index < -0.39 is 0 Å². The molecule has 2 N–H and O–H groups in total. The summed E-state index contributed by atoms with van der Waals surface area (Å²) in [6.45, 7) is 8.92. The van der Waals surface area contributed by atoms with E-state index in [0.29, 0.717) is 12.2 Å². The summed E-state index contributed by atoms with van der Waals surface area (Å²) in [6.07, 6.45) is 0.911. The highest BCUT2D eigenvalue weighted by Gasteiger charge is 2.16. The van der Waals surface area contributed by atoms with Crippen LogP contribution >= 0.6 is 12.2 Å². The van der Waals surface area contributed by atoms with E-state index in [4.69, 9.17) is 12.2 Å². The molecule has 0 aliphatic carbocycles. The molecule has 5 nitrogen and oxygen atoms in total. The van der Waals surface area contributed by atoms with E-state index in [2.05, 4.69) is 41.5 Å². The lowest BCUT2D eigenvalue weighted by Crippen LogP contribution is -2.08. The third-order valence-electron chi connectivity index (χ3n) is 4.51. The molecule has 0 bridgehead atoms. The minimum absolute atomic E-state index is 0.118. The Kier molecular flexibility index (Phi) is 5.56. The highest BCUT2D eigenvalue weighted by molar-refractivity contribution is 7.80. The Morgan fingerprint density at radius 2 is 1.81 bits per heavy atom. The van der Waals surface area contributed by atoms with Gasteiger partial charge < -0.3 is 15.0 Å². The number of aromatic hydroxyl groups is 1. The molecule has 0 atom stereocenters. The fourth-order valence-electron chi connectivity index (χ4n) is 3.42. The maximum absolute atomic E-state index is 10.6. The molecular weight excluding hydrogens is 356 g/mol. The fourth-order valence-corrected chi connectivity index (χ4v) is 3.57. The van der Waals surface area contributed by atoms with Crippen molar-refractivity contribution in [3.05, 3.63) is 53.1 Å². The van der Waals surface area contributed by atoms with Gasteiger partial charge in [0.1, 0.15) is 0 Å². The second kappa shape index (κ2) is 7.88. The first-order valence-electron chi connectivity index (χ1n) is 9.03. The maximum atomic E-state index is 10.6. The van der Waals surface area contributed by atoms with E-state index in [-0.39, 0.29) is 11.0 Å². The van der Waals surface area contributed by atoms with E-state index in [0.717, 1.165) is 34.1 Å². The van der Waals surface area contributed by atoms with Crippen LogP contribution in [0.2, 0.25) is 0 Å². The number of anilines is 1. The van der Waals surface area contributed by atoms with E-state index >= 15 is 0 Å². The summed E-state index contributed by atoms with van der Waals surface area (Å²) in [6, 6.07) is 12.0. The Balaban J connectivity index is 1.90. The van der Waals surface area contributed by atoms with Crippen molar-refractivity contribution in [1.82, 2.24) is 4.57 Å². The van der Waals surface area contributed by atoms with Crippen molar-refractivity contribution in [2.45, 2.75) is 40.7 Å². The standard InChI is InChI=1S/C21H24N4OS/c1-5-10-25-17-9-7-6-8-16(17)19(20(25)26)23-24-21(27)22-18-14(3)11-13(2)12-15(18)4/h6-9,11-12,26H,5,10H2,1-4H3,(H,22,27). The van der Waals surface area contributed by atoms with Gasteiger partial charge in [-0.2, -0.15) is 0 Å². The van der Waals surface area contributed by atoms with Crippen molar-refractivity contribution in [2.75, 3.05) is 5.32 Å². The largest absolute Gasteiger partial charge is 0.493 e. The molecular formula is C21H24N4OS. The average molecular weight is 381 g/mol. The highest BCUT2D eigenvalue weighted by Crippen LogP contribution is 2.39. The number of azo groups is 1. The Morgan fingerprint density at radius 1 is 1.15 bits per heavy atom. The van der Waals surface area contributed by atoms with Gasteiger partial charge in [-0.1, -0.05) is 42.8 Å². The van der Waals surface area contributed by atoms with Crippen LogP contribution in [0.5, 0.6) is 5.88 Å². The molecule has 3 rings (SSSR count). The van der Waals surface area contributed by atoms with Crippen LogP contribution in [0.15, 0.2) is 46.6 Å². The van der Waals surface area contributed by atoms with Gasteiger partial charge in [0.15, 0.2) is 5.69 Å². The van der Waals surface area contributed by atoms with E-state index in [1.807, 2.05) is 42.7 Å². The molecule has 0 aliphatic heterocycles. The molecule has 0 saturated heterocycles. The minimum atomic E-state index is 0.118. The van der Waals surface area contributed by atoms with E-state index in [1.165, 1.54) is 5.56 Å². The molecule has 140 valence electrons. The molecule has 0 spiro atoms. The summed E-state index contributed by atoms with van der Waals surface area (Å²) >= 11 is 5.35. The van der Waals surface area contributed by atoms with Gasteiger partial charge in [0.25, 0.3) is 0 Å². The Labute approximate surface area is 164 Å². The topological polar surface area (TPSA) is 61.9 Å². The zero-order valence-corrected chi connectivity index (χ0v) is 16.9. The van der Waals surface area contributed by atoms with Gasteiger partial charge >= 0.3 is 0 Å². The second-order valence-electron chi connectivity index (χ2n) is 6.74. The number of nitrogens with one attached hydrogen (secondary N) is 1. The number of thiocarbonyl (C=S) groups is 1. The van der Waals surface area contributed by atoms with Gasteiger partial charge in [0.05, 0.1) is 5.52 Å². The summed E-state index contributed by atoms with van der Waals surface area (Å²) in [5.41, 5.74) is 5.74. The lowest BCUT2D eigenvalue weighted by atomic mass is 10.1. The summed E-state index contributed by atoms with van der Waals surface area (Å²) in [7, 11) is 0. The van der Waals surface area contributed by atoms with Gasteiger partial charge in [-0.05, 0) is 56.6 Å². The van der Waals surface area contributed by atoms with E-state index in [9.17, 15) is 5.11 Å². The number of aryl methyl sites for hydroxylation is 4. The van der Waals surface area contributed by atoms with Crippen LogP contribution in [0.25, 0.3) is 10.9 Å². The lowest BCUT2D eigenvalue weighted by Gasteiger charge is -2.11. The van der Waals surface area contributed by atoms with Crippen LogP contribution in [0.3, 0.4) is 0 Å². The van der Waals surface area contributed by atoms with Crippen molar-refractivity contribution < 1.29 is 5.11 Å². The van der Waals surface area contributed by atoms with Crippen molar-refractivity contribution in [2.24, 2.45) is 10.2 Å². The normalized spacial score (nSPS) is 11.4. The molecule has 0 aliphatic rings. The molecule has 6 heteroatoms. The minimum Gasteiger partial charge on any atom is -0.493 e. The predicted molar refractivity (Wildman–Crippen MR) is 115 cm³/mol. The Morgan fingerprint density at radius 3 is 2.48 bits per heavy atom. The Bertz CT molecular complexity index is 1010. The smallest absolute Gasteiger partial charge is 0.220 e. The summed E-state index contributed by atoms with van der Waals surface area (Å²) in [5, 5.41) is 23.3. The number of rotatable bonds is 4. The molecule has 27 heavy (non-hydrogen) atoms. The highest BCUT2D eigenvalue weighted by atomic mass is 32.1. The number of para-hydroxylation sites is 1. The van der Waals surface area contributed by atoms with Crippen molar-refractivity contribution in [3.63, 3.8) is 0 Å². The lowest BCUT2D eigenvalue weighted by molar-refractivity contribution is 0.421. The van der Waals surface area contributed by atoms with E-state index in [1.54, 1.807) is 0 Å². The molecule has 0 fully saturated rings. The van der Waals surface area contributed by atoms with Crippen LogP contribution in [0, 0.1) is 20.8 Å². The Hall–Kier alpha value is -2.73. The van der Waals surface area contributed by atoms with Gasteiger partial charge in [0.2, 0.25) is 11.0 Å². The first-order valence-corrected chi connectivity index (χ1v) is 9.44. The summed E-state index contributed by atoms with van der Waals surface area (Å²) in [5.74, 6) is 0.118. The number of benzene rings is 2. The summed E-state index contributed by atoms with van der Waals surface area (Å²) < 4.78 is 1.86. The van der Waals surface area contributed by atoms with Crippen molar-refractivity contribution in [1.29, 1.82) is 0 Å². The zero-order chi connectivity index (χ0) is 19.6. The number of hydrogen-bond acceptors (Lipinski definition) is 3. The molecule has 0 unspecified atom stereocenters. The quantitative estimate of drug-likeness (QED) is 0.421. The number of nitrogens with zero attached hydrogens (tertiary/aromatic N) is 3. The third-order valence-corrected chi connectivity index (χ3v) is 4.70. The first-order chi connectivity index (χ1) is 12.9. The number of hydrogen-bond donors (Lipinski definition) is 2. The number of fused-ring (bicyclic) bond motifs is 1. The number of aromatic nitrogens is 1. The molecule has 3 aromatic rings. The molecule has 2 aromatic carbocycles. The molecule has 0 amide bonds. The monoisotopic (exact) mass is 380 g/mol. The van der Waals surface area contributed by atoms with Gasteiger partial charge in [-0.3, -0.25) is 0 Å². The van der Waals surface area contributed by atoms with Crippen molar-refractivity contribution in [3.8, 4) is 5.88 Å².